The van der Waals surface area contributed by atoms with Gasteiger partial charge < -0.3 is 15.0 Å². The fourth-order valence-corrected chi connectivity index (χ4v) is 7.55. The number of carbonyl (C=O) groups is 4. The highest BCUT2D eigenvalue weighted by molar-refractivity contribution is 6.37. The van der Waals surface area contributed by atoms with E-state index >= 15 is 0 Å². The first-order valence-corrected chi connectivity index (χ1v) is 14.7. The Kier molecular flexibility index (Phi) is 6.68. The molecule has 4 aromatic rings. The van der Waals surface area contributed by atoms with Crippen molar-refractivity contribution in [3.63, 3.8) is 0 Å². The molecule has 7 nitrogen and oxygen atoms in total. The zero-order valence-corrected chi connectivity index (χ0v) is 24.8. The van der Waals surface area contributed by atoms with E-state index in [-0.39, 0.29) is 28.0 Å². The largest absolute Gasteiger partial charge is 0.427 e. The maximum absolute atomic E-state index is 14.9. The van der Waals surface area contributed by atoms with Crippen molar-refractivity contribution in [3.05, 3.63) is 135 Å². The van der Waals surface area contributed by atoms with Crippen molar-refractivity contribution in [2.24, 2.45) is 5.92 Å². The van der Waals surface area contributed by atoms with Crippen molar-refractivity contribution in [1.29, 1.82) is 0 Å². The number of fused-ring (bicyclic) bond motifs is 6. The van der Waals surface area contributed by atoms with Crippen LogP contribution in [0.25, 0.3) is 6.08 Å². The van der Waals surface area contributed by atoms with E-state index in [0.29, 0.717) is 21.8 Å². The molecule has 0 unspecified atom stereocenters. The number of Topliss-reactive ketones (excluding diaryl/α,β-unsaturated/α-hetero) is 2. The van der Waals surface area contributed by atoms with Crippen LogP contribution in [-0.4, -0.2) is 34.4 Å². The molecule has 1 spiro atoms. The van der Waals surface area contributed by atoms with Gasteiger partial charge in [-0.1, -0.05) is 65.7 Å². The Morgan fingerprint density at radius 2 is 1.61 bits per heavy atom. The van der Waals surface area contributed by atoms with Crippen molar-refractivity contribution in [2.45, 2.75) is 24.4 Å². The van der Waals surface area contributed by atoms with Gasteiger partial charge in [-0.15, -0.1) is 0 Å². The molecule has 0 aromatic heterocycles. The molecule has 0 radical (unpaired) electrons. The molecule has 7 rings (SSSR count). The Balaban J connectivity index is 1.49. The lowest BCUT2D eigenvalue weighted by Gasteiger charge is -2.38. The first-order valence-electron chi connectivity index (χ1n) is 14.0. The lowest BCUT2D eigenvalue weighted by Crippen LogP contribution is -2.49. The monoisotopic (exact) mass is 622 g/mol. The number of benzene rings is 4. The molecule has 3 heterocycles. The quantitative estimate of drug-likeness (QED) is 0.148. The number of rotatable bonds is 5. The predicted molar refractivity (Wildman–Crippen MR) is 167 cm³/mol. The summed E-state index contributed by atoms with van der Waals surface area (Å²) in [6.45, 7) is 1.29. The SMILES string of the molecule is CC(=O)Oc1ccc(C(=O)[C@@H]2[C@H](C(=O)c3ccc(Cl)cc3Cl)[C@@]3(C(=O)Nc4ccccc43)[C@@H]3c4ccccc4C=CN23)cc1. The Labute approximate surface area is 263 Å². The second kappa shape index (κ2) is 10.5. The average Bonchev–Trinajstić information content (AvgIpc) is 3.49. The van der Waals surface area contributed by atoms with E-state index in [0.717, 1.165) is 11.1 Å². The summed E-state index contributed by atoms with van der Waals surface area (Å²) in [7, 11) is 0. The number of nitrogens with zero attached hydrogens (tertiary/aromatic N) is 1. The molecule has 0 bridgehead atoms. The lowest BCUT2D eigenvalue weighted by atomic mass is 9.62. The fraction of sp³-hybridized carbons (Fsp3) is 0.143. The van der Waals surface area contributed by atoms with E-state index in [1.165, 1.54) is 31.2 Å². The molecule has 4 aromatic carbocycles. The molecule has 0 saturated carbocycles. The summed E-state index contributed by atoms with van der Waals surface area (Å²) in [5.74, 6) is -2.59. The summed E-state index contributed by atoms with van der Waals surface area (Å²) in [4.78, 5) is 57.4. The van der Waals surface area contributed by atoms with E-state index in [1.807, 2.05) is 53.4 Å². The highest BCUT2D eigenvalue weighted by Gasteiger charge is 2.70. The van der Waals surface area contributed by atoms with E-state index in [9.17, 15) is 19.2 Å². The first-order chi connectivity index (χ1) is 21.2. The van der Waals surface area contributed by atoms with Gasteiger partial charge in [0, 0.05) is 35.0 Å². The Morgan fingerprint density at radius 1 is 0.886 bits per heavy atom. The molecule has 1 fully saturated rings. The molecule has 1 N–H and O–H groups in total. The number of ether oxygens (including phenoxy) is 1. The van der Waals surface area contributed by atoms with Gasteiger partial charge in [0.2, 0.25) is 5.91 Å². The third-order valence-corrected chi connectivity index (χ3v) is 9.27. The Hall–Kier alpha value is -4.72. The van der Waals surface area contributed by atoms with Crippen LogP contribution in [0.15, 0.2) is 97.2 Å². The van der Waals surface area contributed by atoms with Gasteiger partial charge in [-0.3, -0.25) is 19.2 Å². The molecule has 218 valence electrons. The van der Waals surface area contributed by atoms with Gasteiger partial charge in [0.25, 0.3) is 0 Å². The molecule has 3 aliphatic rings. The van der Waals surface area contributed by atoms with Gasteiger partial charge in [-0.05, 0) is 71.3 Å². The number of nitrogens with one attached hydrogen (secondary N) is 1. The summed E-state index contributed by atoms with van der Waals surface area (Å²) >= 11 is 12.8. The van der Waals surface area contributed by atoms with E-state index in [4.69, 9.17) is 27.9 Å². The van der Waals surface area contributed by atoms with Crippen LogP contribution >= 0.6 is 23.2 Å². The number of halogens is 2. The van der Waals surface area contributed by atoms with Crippen LogP contribution in [-0.2, 0) is 15.0 Å². The molecule has 4 atom stereocenters. The van der Waals surface area contributed by atoms with Crippen LogP contribution < -0.4 is 10.1 Å². The molecule has 1 amide bonds. The maximum atomic E-state index is 14.9. The number of carbonyl (C=O) groups excluding carboxylic acids is 4. The van der Waals surface area contributed by atoms with Crippen LogP contribution in [0, 0.1) is 5.92 Å². The van der Waals surface area contributed by atoms with Crippen molar-refractivity contribution < 1.29 is 23.9 Å². The third kappa shape index (κ3) is 4.11. The third-order valence-electron chi connectivity index (χ3n) is 8.72. The summed E-state index contributed by atoms with van der Waals surface area (Å²) in [5, 5.41) is 3.50. The summed E-state index contributed by atoms with van der Waals surface area (Å²) < 4.78 is 5.16. The Morgan fingerprint density at radius 3 is 2.36 bits per heavy atom. The number of ketones is 2. The van der Waals surface area contributed by atoms with Crippen LogP contribution in [0.1, 0.15) is 50.4 Å². The smallest absolute Gasteiger partial charge is 0.308 e. The number of hydrogen-bond acceptors (Lipinski definition) is 6. The van der Waals surface area contributed by atoms with E-state index < -0.39 is 35.2 Å². The van der Waals surface area contributed by atoms with Crippen LogP contribution in [0.4, 0.5) is 5.69 Å². The van der Waals surface area contributed by atoms with Crippen molar-refractivity contribution in [1.82, 2.24) is 4.90 Å². The lowest BCUT2D eigenvalue weighted by molar-refractivity contribution is -0.131. The Bertz CT molecular complexity index is 1920. The minimum absolute atomic E-state index is 0.127. The second-order valence-corrected chi connectivity index (χ2v) is 11.9. The molecule has 3 aliphatic heterocycles. The van der Waals surface area contributed by atoms with Crippen LogP contribution in [0.2, 0.25) is 10.0 Å². The van der Waals surface area contributed by atoms with Crippen molar-refractivity contribution in [3.8, 4) is 5.75 Å². The summed E-state index contributed by atoms with van der Waals surface area (Å²) in [6.07, 6.45) is 3.69. The number of anilines is 1. The maximum Gasteiger partial charge on any atom is 0.308 e. The summed E-state index contributed by atoms with van der Waals surface area (Å²) in [5.41, 5.74) is 1.90. The molecule has 0 aliphatic carbocycles. The average molecular weight is 623 g/mol. The molecule has 44 heavy (non-hydrogen) atoms. The number of amides is 1. The van der Waals surface area contributed by atoms with Gasteiger partial charge in [-0.2, -0.15) is 0 Å². The molecular weight excluding hydrogens is 599 g/mol. The fourth-order valence-electron chi connectivity index (χ4n) is 7.05. The predicted octanol–water partition coefficient (Wildman–Crippen LogP) is 6.90. The zero-order chi connectivity index (χ0) is 30.7. The highest BCUT2D eigenvalue weighted by Crippen LogP contribution is 2.62. The normalized spacial score (nSPS) is 22.7. The van der Waals surface area contributed by atoms with Crippen molar-refractivity contribution in [2.75, 3.05) is 5.32 Å². The second-order valence-electron chi connectivity index (χ2n) is 11.1. The van der Waals surface area contributed by atoms with E-state index in [1.54, 1.807) is 30.5 Å². The molecule has 1 saturated heterocycles. The standard InChI is InChI=1S/C35H24Cl2N2O5/c1-19(40)44-23-13-10-21(11-14-23)31(41)30-29(32(42)25-15-12-22(36)18-27(25)37)35(26-8-4-5-9-28(26)38-34(35)43)33-24-7-3-2-6-20(24)16-17-39(30)33/h2-18,29-30,33H,1H3,(H,38,43)/t29-,30+,33+,35-/m1/s1. The highest BCUT2D eigenvalue weighted by atomic mass is 35.5. The van der Waals surface area contributed by atoms with Gasteiger partial charge >= 0.3 is 5.97 Å². The minimum atomic E-state index is -1.49. The zero-order valence-electron chi connectivity index (χ0n) is 23.3. The van der Waals surface area contributed by atoms with Crippen LogP contribution in [0.5, 0.6) is 5.75 Å². The van der Waals surface area contributed by atoms with Gasteiger partial charge in [0.05, 0.1) is 17.0 Å². The number of esters is 1. The van der Waals surface area contributed by atoms with Crippen molar-refractivity contribution >= 4 is 58.4 Å². The van der Waals surface area contributed by atoms with Gasteiger partial charge in [0.1, 0.15) is 17.2 Å². The van der Waals surface area contributed by atoms with E-state index in [2.05, 4.69) is 5.32 Å². The topological polar surface area (TPSA) is 92.8 Å². The molecule has 9 heteroatoms. The number of hydrogen-bond donors (Lipinski definition) is 1. The first kappa shape index (κ1) is 28.1. The van der Waals surface area contributed by atoms with Gasteiger partial charge in [-0.25, -0.2) is 0 Å². The van der Waals surface area contributed by atoms with Crippen LogP contribution in [0.3, 0.4) is 0 Å². The summed E-state index contributed by atoms with van der Waals surface area (Å²) in [6, 6.07) is 23.9. The number of para-hydroxylation sites is 1. The molecular formula is C35H24Cl2N2O5. The minimum Gasteiger partial charge on any atom is -0.427 e. The van der Waals surface area contributed by atoms with Gasteiger partial charge in [0.15, 0.2) is 11.6 Å².